The van der Waals surface area contributed by atoms with Gasteiger partial charge >= 0.3 is 0 Å². The monoisotopic (exact) mass is 454 g/mol. The fraction of sp³-hybridized carbons (Fsp3) is 0.261. The molecule has 2 atom stereocenters. The Hall–Kier alpha value is -3.33. The summed E-state index contributed by atoms with van der Waals surface area (Å²) in [6.07, 6.45) is 1.85. The number of nitrogens with zero attached hydrogens (tertiary/aromatic N) is 4. The van der Waals surface area contributed by atoms with E-state index in [-0.39, 0.29) is 34.9 Å². The molecule has 0 N–H and O–H groups in total. The number of carbonyl (C=O) groups excluding carboxylic acids is 1. The summed E-state index contributed by atoms with van der Waals surface area (Å²) in [6, 6.07) is 6.48. The average molecular weight is 455 g/mol. The normalized spacial score (nSPS) is 18.1. The maximum absolute atomic E-state index is 14.1. The molecule has 3 aromatic heterocycles. The Kier molecular flexibility index (Phi) is 4.93. The van der Waals surface area contributed by atoms with E-state index in [4.69, 9.17) is 4.52 Å². The lowest BCUT2D eigenvalue weighted by Crippen LogP contribution is -2.40. The van der Waals surface area contributed by atoms with Crippen molar-refractivity contribution in [3.8, 4) is 11.3 Å². The molecule has 5 rings (SSSR count). The van der Waals surface area contributed by atoms with Crippen molar-refractivity contribution in [3.05, 3.63) is 81.0 Å². The van der Waals surface area contributed by atoms with Crippen molar-refractivity contribution >= 4 is 17.2 Å². The van der Waals surface area contributed by atoms with Crippen molar-refractivity contribution in [1.29, 1.82) is 0 Å². The number of hydrogen-bond acceptors (Lipinski definition) is 5. The summed E-state index contributed by atoms with van der Waals surface area (Å²) < 4.78 is 34.5. The summed E-state index contributed by atoms with van der Waals surface area (Å²) in [7, 11) is 1.90. The minimum atomic E-state index is -0.765. The van der Waals surface area contributed by atoms with Crippen LogP contribution in [0.1, 0.15) is 51.1 Å². The molecule has 1 aliphatic heterocycles. The fourth-order valence-electron chi connectivity index (χ4n) is 4.26. The molecule has 4 aromatic rings. The third-order valence-corrected chi connectivity index (χ3v) is 7.22. The zero-order chi connectivity index (χ0) is 22.6. The second kappa shape index (κ2) is 7.67. The van der Waals surface area contributed by atoms with Gasteiger partial charge in [0.15, 0.2) is 0 Å². The Balaban J connectivity index is 1.49. The van der Waals surface area contributed by atoms with Gasteiger partial charge in [-0.3, -0.25) is 9.48 Å². The van der Waals surface area contributed by atoms with Gasteiger partial charge in [-0.2, -0.15) is 5.10 Å². The standard InChI is InChI=1S/C23H20F2N4O2S/c1-12-17(10-26-28(12)3)18-11-29(13(2)15-6-7-32-22(15)18)23(30)21-9-20(27-31-21)16-5-4-14(24)8-19(16)25/h4-10,13,18H,11H2,1-3H3. The summed E-state index contributed by atoms with van der Waals surface area (Å²) in [5, 5.41) is 10.3. The van der Waals surface area contributed by atoms with Crippen LogP contribution < -0.4 is 0 Å². The van der Waals surface area contributed by atoms with Gasteiger partial charge < -0.3 is 9.42 Å². The lowest BCUT2D eigenvalue weighted by Gasteiger charge is -2.37. The number of halogens is 2. The first-order chi connectivity index (χ1) is 15.3. The molecule has 0 spiro atoms. The smallest absolute Gasteiger partial charge is 0.293 e. The van der Waals surface area contributed by atoms with Crippen molar-refractivity contribution in [2.45, 2.75) is 25.8 Å². The first kappa shape index (κ1) is 20.6. The van der Waals surface area contributed by atoms with E-state index in [1.165, 1.54) is 17.0 Å². The molecule has 0 fully saturated rings. The molecule has 2 unspecified atom stereocenters. The summed E-state index contributed by atoms with van der Waals surface area (Å²) >= 11 is 1.68. The van der Waals surface area contributed by atoms with Crippen LogP contribution in [-0.2, 0) is 7.05 Å². The Bertz CT molecular complexity index is 1330. The average Bonchev–Trinajstić information content (AvgIpc) is 3.50. The van der Waals surface area contributed by atoms with Crippen molar-refractivity contribution in [1.82, 2.24) is 19.8 Å². The Morgan fingerprint density at radius 2 is 2.03 bits per heavy atom. The topological polar surface area (TPSA) is 64.2 Å². The quantitative estimate of drug-likeness (QED) is 0.434. The van der Waals surface area contributed by atoms with E-state index in [1.54, 1.807) is 16.2 Å². The number of aryl methyl sites for hydroxylation is 1. The summed E-state index contributed by atoms with van der Waals surface area (Å²) in [5.74, 6) is -1.77. The minimum Gasteiger partial charge on any atom is -0.350 e. The number of carbonyl (C=O) groups is 1. The van der Waals surface area contributed by atoms with Crippen molar-refractivity contribution < 1.29 is 18.1 Å². The van der Waals surface area contributed by atoms with Crippen LogP contribution in [0.3, 0.4) is 0 Å². The highest BCUT2D eigenvalue weighted by Crippen LogP contribution is 2.43. The van der Waals surface area contributed by atoms with Crippen LogP contribution >= 0.6 is 11.3 Å². The highest BCUT2D eigenvalue weighted by molar-refractivity contribution is 7.10. The molecule has 0 aliphatic carbocycles. The van der Waals surface area contributed by atoms with E-state index >= 15 is 0 Å². The van der Waals surface area contributed by atoms with Crippen LogP contribution in [0.25, 0.3) is 11.3 Å². The van der Waals surface area contributed by atoms with Gasteiger partial charge in [0.2, 0.25) is 5.76 Å². The Morgan fingerprint density at radius 3 is 2.75 bits per heavy atom. The van der Waals surface area contributed by atoms with Gasteiger partial charge in [0.1, 0.15) is 17.3 Å². The molecule has 0 saturated carbocycles. The number of hydrogen-bond donors (Lipinski definition) is 0. The molecular weight excluding hydrogens is 434 g/mol. The molecular formula is C23H20F2N4O2S. The van der Waals surface area contributed by atoms with Crippen LogP contribution in [0.5, 0.6) is 0 Å². The number of amides is 1. The minimum absolute atomic E-state index is 0.00390. The highest BCUT2D eigenvalue weighted by atomic mass is 32.1. The van der Waals surface area contributed by atoms with E-state index in [0.29, 0.717) is 6.54 Å². The van der Waals surface area contributed by atoms with Crippen molar-refractivity contribution in [2.24, 2.45) is 7.05 Å². The highest BCUT2D eigenvalue weighted by Gasteiger charge is 2.38. The molecule has 1 amide bonds. The zero-order valence-electron chi connectivity index (χ0n) is 17.7. The lowest BCUT2D eigenvalue weighted by atomic mass is 9.88. The van der Waals surface area contributed by atoms with Crippen molar-refractivity contribution in [2.75, 3.05) is 6.54 Å². The van der Waals surface area contributed by atoms with Gasteiger partial charge in [0.05, 0.1) is 12.2 Å². The number of benzene rings is 1. The summed E-state index contributed by atoms with van der Waals surface area (Å²) in [4.78, 5) is 16.4. The predicted octanol–water partition coefficient (Wildman–Crippen LogP) is 5.07. The largest absolute Gasteiger partial charge is 0.350 e. The first-order valence-corrected chi connectivity index (χ1v) is 11.0. The molecule has 0 saturated heterocycles. The van der Waals surface area contributed by atoms with E-state index in [1.807, 2.05) is 43.2 Å². The van der Waals surface area contributed by atoms with Gasteiger partial charge in [-0.15, -0.1) is 11.3 Å². The molecule has 9 heteroatoms. The molecule has 1 aliphatic rings. The molecule has 4 heterocycles. The molecule has 164 valence electrons. The maximum atomic E-state index is 14.1. The Labute approximate surface area is 187 Å². The fourth-order valence-corrected chi connectivity index (χ4v) is 5.36. The first-order valence-electron chi connectivity index (χ1n) is 10.1. The van der Waals surface area contributed by atoms with Crippen LogP contribution in [0.4, 0.5) is 8.78 Å². The van der Waals surface area contributed by atoms with Gasteiger partial charge in [0.25, 0.3) is 5.91 Å². The number of rotatable bonds is 3. The molecule has 32 heavy (non-hydrogen) atoms. The third-order valence-electron chi connectivity index (χ3n) is 6.18. The zero-order valence-corrected chi connectivity index (χ0v) is 18.5. The van der Waals surface area contributed by atoms with Gasteiger partial charge in [-0.1, -0.05) is 5.16 Å². The van der Waals surface area contributed by atoms with Crippen LogP contribution in [-0.4, -0.2) is 32.3 Å². The predicted molar refractivity (Wildman–Crippen MR) is 115 cm³/mol. The second-order valence-electron chi connectivity index (χ2n) is 7.94. The van der Waals surface area contributed by atoms with Crippen LogP contribution in [0.15, 0.2) is 46.4 Å². The van der Waals surface area contributed by atoms with Gasteiger partial charge in [0, 0.05) is 53.3 Å². The molecule has 0 radical (unpaired) electrons. The number of aromatic nitrogens is 3. The number of fused-ring (bicyclic) bond motifs is 1. The summed E-state index contributed by atoms with van der Waals surface area (Å²) in [6.45, 7) is 4.45. The molecule has 0 bridgehead atoms. The van der Waals surface area contributed by atoms with Crippen LogP contribution in [0, 0.1) is 18.6 Å². The van der Waals surface area contributed by atoms with Crippen molar-refractivity contribution in [3.63, 3.8) is 0 Å². The summed E-state index contributed by atoms with van der Waals surface area (Å²) in [5.41, 5.74) is 3.43. The second-order valence-corrected chi connectivity index (χ2v) is 8.88. The SMILES string of the molecule is Cc1c(C2CN(C(=O)c3cc(-c4ccc(F)cc4F)no3)C(C)c3ccsc32)cnn1C. The third kappa shape index (κ3) is 3.24. The van der Waals surface area contributed by atoms with Crippen LogP contribution in [0.2, 0.25) is 0 Å². The Morgan fingerprint density at radius 1 is 1.22 bits per heavy atom. The van der Waals surface area contributed by atoms with Gasteiger partial charge in [-0.25, -0.2) is 8.78 Å². The van der Waals surface area contributed by atoms with E-state index in [2.05, 4.69) is 10.3 Å². The lowest BCUT2D eigenvalue weighted by molar-refractivity contribution is 0.0624. The molecule has 6 nitrogen and oxygen atoms in total. The number of thiophene rings is 1. The maximum Gasteiger partial charge on any atom is 0.293 e. The van der Waals surface area contributed by atoms with E-state index < -0.39 is 11.6 Å². The van der Waals surface area contributed by atoms with E-state index in [9.17, 15) is 13.6 Å². The van der Waals surface area contributed by atoms with Gasteiger partial charge in [-0.05, 0) is 43.0 Å². The van der Waals surface area contributed by atoms with E-state index in [0.717, 1.165) is 29.0 Å². The molecule has 1 aromatic carbocycles.